The molecule has 6 heteroatoms. The summed E-state index contributed by atoms with van der Waals surface area (Å²) in [6.45, 7) is 4.94. The van der Waals surface area contributed by atoms with Gasteiger partial charge in [0.2, 0.25) is 5.88 Å². The highest BCUT2D eigenvalue weighted by molar-refractivity contribution is 5.97. The number of hydrogen-bond acceptors (Lipinski definition) is 5. The molecule has 3 N–H and O–H groups in total. The number of rotatable bonds is 6. The Morgan fingerprint density at radius 2 is 2.41 bits per heavy atom. The van der Waals surface area contributed by atoms with Gasteiger partial charge in [0.15, 0.2) is 5.84 Å². The van der Waals surface area contributed by atoms with Gasteiger partial charge in [-0.3, -0.25) is 0 Å². The lowest BCUT2D eigenvalue weighted by molar-refractivity contribution is 0.0633. The Balaban J connectivity index is 2.65. The van der Waals surface area contributed by atoms with Crippen LogP contribution in [-0.2, 0) is 4.74 Å². The minimum absolute atomic E-state index is 0.0229. The van der Waals surface area contributed by atoms with Gasteiger partial charge in [0.25, 0.3) is 0 Å². The molecule has 1 atom stereocenters. The fourth-order valence-corrected chi connectivity index (χ4v) is 1.21. The number of ether oxygens (including phenoxy) is 2. The van der Waals surface area contributed by atoms with Crippen molar-refractivity contribution in [2.45, 2.75) is 20.0 Å². The Bertz CT molecular complexity index is 382. The molecule has 0 aromatic carbocycles. The maximum atomic E-state index is 8.56. The van der Waals surface area contributed by atoms with Crippen LogP contribution in [0.15, 0.2) is 23.5 Å². The molecule has 17 heavy (non-hydrogen) atoms. The third-order valence-corrected chi connectivity index (χ3v) is 2.02. The van der Waals surface area contributed by atoms with E-state index in [1.165, 1.54) is 6.20 Å². The van der Waals surface area contributed by atoms with Crippen molar-refractivity contribution < 1.29 is 14.7 Å². The summed E-state index contributed by atoms with van der Waals surface area (Å²) in [5.74, 6) is 0.441. The third-order valence-electron chi connectivity index (χ3n) is 2.02. The van der Waals surface area contributed by atoms with Crippen molar-refractivity contribution in [3.63, 3.8) is 0 Å². The van der Waals surface area contributed by atoms with Gasteiger partial charge in [0.05, 0.1) is 6.61 Å². The number of hydrogen-bond donors (Lipinski definition) is 2. The minimum Gasteiger partial charge on any atom is -0.472 e. The van der Waals surface area contributed by atoms with E-state index in [0.29, 0.717) is 24.7 Å². The van der Waals surface area contributed by atoms with Crippen molar-refractivity contribution in [3.8, 4) is 5.88 Å². The van der Waals surface area contributed by atoms with Crippen LogP contribution in [0.2, 0.25) is 0 Å². The molecule has 1 rings (SSSR count). The second-order valence-corrected chi connectivity index (χ2v) is 3.46. The average Bonchev–Trinajstić information content (AvgIpc) is 2.35. The van der Waals surface area contributed by atoms with E-state index < -0.39 is 0 Å². The molecule has 0 saturated carbocycles. The fourth-order valence-electron chi connectivity index (χ4n) is 1.21. The monoisotopic (exact) mass is 239 g/mol. The van der Waals surface area contributed by atoms with Crippen molar-refractivity contribution >= 4 is 5.84 Å². The molecular weight excluding hydrogens is 222 g/mol. The number of aromatic nitrogens is 1. The SMILES string of the molecule is CCOCC(C)Oc1cc(/C(N)=N/O)ccn1. The van der Waals surface area contributed by atoms with Crippen LogP contribution in [0.5, 0.6) is 5.88 Å². The van der Waals surface area contributed by atoms with Gasteiger partial charge in [-0.25, -0.2) is 4.98 Å². The maximum Gasteiger partial charge on any atom is 0.214 e. The lowest BCUT2D eigenvalue weighted by Crippen LogP contribution is -2.20. The van der Waals surface area contributed by atoms with Gasteiger partial charge in [-0.1, -0.05) is 5.16 Å². The fraction of sp³-hybridized carbons (Fsp3) is 0.455. The standard InChI is InChI=1S/C11H17N3O3/c1-3-16-7-8(2)17-10-6-9(4-5-13-10)11(12)14-15/h4-6,8,15H,3,7H2,1-2H3,(H2,12,14). The van der Waals surface area contributed by atoms with Crippen LogP contribution in [0.4, 0.5) is 0 Å². The van der Waals surface area contributed by atoms with Crippen LogP contribution >= 0.6 is 0 Å². The van der Waals surface area contributed by atoms with E-state index in [1.807, 2.05) is 13.8 Å². The number of amidine groups is 1. The highest BCUT2D eigenvalue weighted by atomic mass is 16.5. The van der Waals surface area contributed by atoms with Crippen LogP contribution in [0.25, 0.3) is 0 Å². The van der Waals surface area contributed by atoms with E-state index >= 15 is 0 Å². The first kappa shape index (κ1) is 13.2. The van der Waals surface area contributed by atoms with Gasteiger partial charge >= 0.3 is 0 Å². The molecular formula is C11H17N3O3. The van der Waals surface area contributed by atoms with E-state index in [0.717, 1.165) is 0 Å². The van der Waals surface area contributed by atoms with Crippen molar-refractivity contribution in [1.29, 1.82) is 0 Å². The first-order chi connectivity index (χ1) is 8.17. The quantitative estimate of drug-likeness (QED) is 0.334. The molecule has 0 amide bonds. The first-order valence-corrected chi connectivity index (χ1v) is 5.35. The van der Waals surface area contributed by atoms with Crippen LogP contribution in [-0.4, -0.2) is 35.3 Å². The zero-order valence-electron chi connectivity index (χ0n) is 9.96. The van der Waals surface area contributed by atoms with Crippen molar-refractivity contribution in [2.24, 2.45) is 10.9 Å². The summed E-state index contributed by atoms with van der Waals surface area (Å²) in [7, 11) is 0. The zero-order valence-corrected chi connectivity index (χ0v) is 9.96. The minimum atomic E-state index is -0.106. The molecule has 0 saturated heterocycles. The Kier molecular flexibility index (Phi) is 5.22. The van der Waals surface area contributed by atoms with Gasteiger partial charge < -0.3 is 20.4 Å². The molecule has 0 bridgehead atoms. The number of nitrogens with two attached hydrogens (primary N) is 1. The van der Waals surface area contributed by atoms with E-state index in [2.05, 4.69) is 10.1 Å². The first-order valence-electron chi connectivity index (χ1n) is 5.35. The molecule has 1 aromatic rings. The summed E-state index contributed by atoms with van der Waals surface area (Å²) in [4.78, 5) is 4.03. The normalized spacial score (nSPS) is 13.4. The largest absolute Gasteiger partial charge is 0.472 e. The van der Waals surface area contributed by atoms with Gasteiger partial charge in [0.1, 0.15) is 6.10 Å². The summed E-state index contributed by atoms with van der Waals surface area (Å²) >= 11 is 0. The highest BCUT2D eigenvalue weighted by Gasteiger charge is 2.07. The van der Waals surface area contributed by atoms with Crippen LogP contribution < -0.4 is 10.5 Å². The molecule has 0 aliphatic rings. The molecule has 1 heterocycles. The van der Waals surface area contributed by atoms with Crippen LogP contribution in [0.3, 0.4) is 0 Å². The Morgan fingerprint density at radius 1 is 1.65 bits per heavy atom. The second kappa shape index (κ2) is 6.70. The van der Waals surface area contributed by atoms with Crippen molar-refractivity contribution in [1.82, 2.24) is 4.98 Å². The molecule has 1 unspecified atom stereocenters. The Labute approximate surface area is 100 Å². The zero-order chi connectivity index (χ0) is 12.7. The number of oxime groups is 1. The van der Waals surface area contributed by atoms with E-state index in [1.54, 1.807) is 12.1 Å². The van der Waals surface area contributed by atoms with Crippen molar-refractivity contribution in [2.75, 3.05) is 13.2 Å². The maximum absolute atomic E-state index is 8.56. The number of nitrogens with zero attached hydrogens (tertiary/aromatic N) is 2. The lowest BCUT2D eigenvalue weighted by Gasteiger charge is -2.13. The summed E-state index contributed by atoms with van der Waals surface area (Å²) in [6.07, 6.45) is 1.43. The van der Waals surface area contributed by atoms with Crippen molar-refractivity contribution in [3.05, 3.63) is 23.9 Å². The second-order valence-electron chi connectivity index (χ2n) is 3.46. The molecule has 0 aliphatic carbocycles. The Hall–Kier alpha value is -1.82. The lowest BCUT2D eigenvalue weighted by atomic mass is 10.2. The molecule has 0 spiro atoms. The van der Waals surface area contributed by atoms with Crippen LogP contribution in [0, 0.1) is 0 Å². The topological polar surface area (TPSA) is 90.0 Å². The summed E-state index contributed by atoms with van der Waals surface area (Å²) < 4.78 is 10.7. The number of pyridine rings is 1. The van der Waals surface area contributed by atoms with Gasteiger partial charge in [0, 0.05) is 24.4 Å². The van der Waals surface area contributed by atoms with E-state index in [4.69, 9.17) is 20.4 Å². The highest BCUT2D eigenvalue weighted by Crippen LogP contribution is 2.11. The van der Waals surface area contributed by atoms with Gasteiger partial charge in [-0.15, -0.1) is 0 Å². The third kappa shape index (κ3) is 4.28. The smallest absolute Gasteiger partial charge is 0.214 e. The molecule has 0 radical (unpaired) electrons. The van der Waals surface area contributed by atoms with Gasteiger partial charge in [-0.2, -0.15) is 0 Å². The van der Waals surface area contributed by atoms with E-state index in [9.17, 15) is 0 Å². The Morgan fingerprint density at radius 3 is 3.06 bits per heavy atom. The van der Waals surface area contributed by atoms with E-state index in [-0.39, 0.29) is 11.9 Å². The molecule has 0 fully saturated rings. The molecule has 0 aliphatic heterocycles. The summed E-state index contributed by atoms with van der Waals surface area (Å²) in [6, 6.07) is 3.24. The molecule has 1 aromatic heterocycles. The van der Waals surface area contributed by atoms with Gasteiger partial charge in [-0.05, 0) is 19.9 Å². The average molecular weight is 239 g/mol. The molecule has 94 valence electrons. The predicted molar refractivity (Wildman–Crippen MR) is 63.3 cm³/mol. The molecule has 6 nitrogen and oxygen atoms in total. The predicted octanol–water partition coefficient (Wildman–Crippen LogP) is 0.980. The summed E-state index contributed by atoms with van der Waals surface area (Å²) in [5.41, 5.74) is 6.02. The van der Waals surface area contributed by atoms with Crippen LogP contribution in [0.1, 0.15) is 19.4 Å². The summed E-state index contributed by atoms with van der Waals surface area (Å²) in [5, 5.41) is 11.5.